The molecule has 18 heavy (non-hydrogen) atoms. The van der Waals surface area contributed by atoms with Crippen molar-refractivity contribution in [3.8, 4) is 0 Å². The minimum Gasteiger partial charge on any atom is -0.393 e. The average Bonchev–Trinajstić information content (AvgIpc) is 2.29. The molecule has 0 bridgehead atoms. The van der Waals surface area contributed by atoms with Crippen molar-refractivity contribution in [2.75, 3.05) is 6.61 Å². The topological polar surface area (TPSA) is 63.6 Å². The quantitative estimate of drug-likeness (QED) is 0.806. The lowest BCUT2D eigenvalue weighted by molar-refractivity contribution is 0.0989. The molecule has 102 valence electrons. The Morgan fingerprint density at radius 2 is 1.78 bits per heavy atom. The first-order chi connectivity index (χ1) is 8.33. The molecule has 1 aromatic rings. The molecular weight excluding hydrogens is 252 g/mol. The number of rotatable bonds is 6. The summed E-state index contributed by atoms with van der Waals surface area (Å²) >= 11 is 0. The van der Waals surface area contributed by atoms with Gasteiger partial charge in [-0.1, -0.05) is 31.5 Å². The van der Waals surface area contributed by atoms with Crippen LogP contribution in [-0.4, -0.2) is 26.2 Å². The number of hydrogen-bond acceptors (Lipinski definition) is 4. The lowest BCUT2D eigenvalue weighted by atomic mass is 10.1. The van der Waals surface area contributed by atoms with Gasteiger partial charge in [0.25, 0.3) is 10.1 Å². The van der Waals surface area contributed by atoms with Gasteiger partial charge in [0.15, 0.2) is 0 Å². The van der Waals surface area contributed by atoms with Gasteiger partial charge >= 0.3 is 0 Å². The molecule has 0 amide bonds. The minimum atomic E-state index is -3.71. The van der Waals surface area contributed by atoms with Crippen molar-refractivity contribution in [1.29, 1.82) is 0 Å². The Hall–Kier alpha value is -0.910. The normalized spacial score (nSPS) is 13.8. The van der Waals surface area contributed by atoms with Crippen LogP contribution in [0.25, 0.3) is 0 Å². The maximum absolute atomic E-state index is 11.8. The van der Waals surface area contributed by atoms with Crippen molar-refractivity contribution in [1.82, 2.24) is 0 Å². The summed E-state index contributed by atoms with van der Waals surface area (Å²) in [6, 6.07) is 6.48. The highest BCUT2D eigenvalue weighted by molar-refractivity contribution is 7.86. The fraction of sp³-hybridized carbons (Fsp3) is 0.538. The van der Waals surface area contributed by atoms with E-state index < -0.39 is 16.2 Å². The zero-order valence-electron chi connectivity index (χ0n) is 11.0. The summed E-state index contributed by atoms with van der Waals surface area (Å²) in [7, 11) is -3.71. The third kappa shape index (κ3) is 4.40. The maximum atomic E-state index is 11.8. The summed E-state index contributed by atoms with van der Waals surface area (Å²) < 4.78 is 28.5. The second-order valence-electron chi connectivity index (χ2n) is 4.69. The monoisotopic (exact) mass is 272 g/mol. The molecular formula is C13H20O4S. The SMILES string of the molecule is Cc1ccc(S(=O)(=O)OCCC(O)C(C)C)cc1. The number of aliphatic hydroxyl groups is 1. The van der Waals surface area contributed by atoms with Gasteiger partial charge in [-0.15, -0.1) is 0 Å². The van der Waals surface area contributed by atoms with Gasteiger partial charge in [-0.2, -0.15) is 8.42 Å². The van der Waals surface area contributed by atoms with Crippen LogP contribution >= 0.6 is 0 Å². The highest BCUT2D eigenvalue weighted by Crippen LogP contribution is 2.14. The van der Waals surface area contributed by atoms with Crippen molar-refractivity contribution < 1.29 is 17.7 Å². The molecule has 1 atom stereocenters. The molecule has 0 radical (unpaired) electrons. The van der Waals surface area contributed by atoms with Crippen LogP contribution in [0.5, 0.6) is 0 Å². The van der Waals surface area contributed by atoms with Crippen molar-refractivity contribution in [2.45, 2.75) is 38.2 Å². The highest BCUT2D eigenvalue weighted by Gasteiger charge is 2.16. The molecule has 1 N–H and O–H groups in total. The van der Waals surface area contributed by atoms with Crippen LogP contribution < -0.4 is 0 Å². The van der Waals surface area contributed by atoms with E-state index in [2.05, 4.69) is 0 Å². The average molecular weight is 272 g/mol. The second kappa shape index (κ2) is 6.31. The number of benzene rings is 1. The first-order valence-corrected chi connectivity index (χ1v) is 7.38. The predicted molar refractivity (Wildman–Crippen MR) is 69.8 cm³/mol. The van der Waals surface area contributed by atoms with E-state index in [1.807, 2.05) is 20.8 Å². The van der Waals surface area contributed by atoms with E-state index in [0.717, 1.165) is 5.56 Å². The van der Waals surface area contributed by atoms with Gasteiger partial charge in [-0.05, 0) is 31.4 Å². The smallest absolute Gasteiger partial charge is 0.296 e. The van der Waals surface area contributed by atoms with Gasteiger partial charge < -0.3 is 5.11 Å². The first kappa shape index (κ1) is 15.1. The van der Waals surface area contributed by atoms with Crippen LogP contribution in [0, 0.1) is 12.8 Å². The van der Waals surface area contributed by atoms with Gasteiger partial charge in [-0.25, -0.2) is 0 Å². The summed E-state index contributed by atoms with van der Waals surface area (Å²) in [5, 5.41) is 9.56. The lowest BCUT2D eigenvalue weighted by Crippen LogP contribution is -2.18. The molecule has 0 saturated carbocycles. The van der Waals surface area contributed by atoms with E-state index in [0.29, 0.717) is 6.42 Å². The van der Waals surface area contributed by atoms with E-state index in [4.69, 9.17) is 4.18 Å². The number of hydrogen-bond donors (Lipinski definition) is 1. The molecule has 5 heteroatoms. The van der Waals surface area contributed by atoms with Gasteiger partial charge in [0.2, 0.25) is 0 Å². The zero-order chi connectivity index (χ0) is 13.8. The Labute approximate surface area is 109 Å². The first-order valence-electron chi connectivity index (χ1n) is 5.97. The Kier molecular flexibility index (Phi) is 5.31. The summed E-state index contributed by atoms with van der Waals surface area (Å²) in [5.74, 6) is 0.0932. The van der Waals surface area contributed by atoms with Gasteiger partial charge in [0.05, 0.1) is 17.6 Å². The molecule has 0 aliphatic carbocycles. The van der Waals surface area contributed by atoms with Crippen LogP contribution in [0.15, 0.2) is 29.2 Å². The van der Waals surface area contributed by atoms with Crippen LogP contribution in [-0.2, 0) is 14.3 Å². The fourth-order valence-electron chi connectivity index (χ4n) is 1.38. The molecule has 1 aromatic carbocycles. The van der Waals surface area contributed by atoms with E-state index in [1.165, 1.54) is 12.1 Å². The largest absolute Gasteiger partial charge is 0.393 e. The number of aliphatic hydroxyl groups excluding tert-OH is 1. The molecule has 1 rings (SSSR count). The molecule has 0 aliphatic rings. The summed E-state index contributed by atoms with van der Waals surface area (Å²) in [4.78, 5) is 0.145. The molecule has 1 unspecified atom stereocenters. The van der Waals surface area contributed by atoms with E-state index in [-0.39, 0.29) is 17.4 Å². The van der Waals surface area contributed by atoms with E-state index in [1.54, 1.807) is 12.1 Å². The summed E-state index contributed by atoms with van der Waals surface area (Å²) in [6.45, 7) is 5.63. The second-order valence-corrected chi connectivity index (χ2v) is 6.30. The fourth-order valence-corrected chi connectivity index (χ4v) is 2.31. The molecule has 4 nitrogen and oxygen atoms in total. The maximum Gasteiger partial charge on any atom is 0.296 e. The van der Waals surface area contributed by atoms with Crippen molar-refractivity contribution in [2.24, 2.45) is 5.92 Å². The van der Waals surface area contributed by atoms with Crippen LogP contribution in [0.3, 0.4) is 0 Å². The molecule has 0 saturated heterocycles. The summed E-state index contributed by atoms with van der Waals surface area (Å²) in [5.41, 5.74) is 0.990. The van der Waals surface area contributed by atoms with Gasteiger partial charge in [-0.3, -0.25) is 4.18 Å². The zero-order valence-corrected chi connectivity index (χ0v) is 11.8. The van der Waals surface area contributed by atoms with Gasteiger partial charge in [0, 0.05) is 0 Å². The Balaban J connectivity index is 2.58. The van der Waals surface area contributed by atoms with E-state index >= 15 is 0 Å². The molecule has 0 aliphatic heterocycles. The molecule has 0 fully saturated rings. The molecule has 0 spiro atoms. The van der Waals surface area contributed by atoms with Crippen LogP contribution in [0.2, 0.25) is 0 Å². The van der Waals surface area contributed by atoms with Crippen molar-refractivity contribution >= 4 is 10.1 Å². The lowest BCUT2D eigenvalue weighted by Gasteiger charge is -2.14. The van der Waals surface area contributed by atoms with E-state index in [9.17, 15) is 13.5 Å². The third-order valence-corrected chi connectivity index (χ3v) is 4.06. The van der Waals surface area contributed by atoms with Crippen LogP contribution in [0.1, 0.15) is 25.8 Å². The molecule has 0 heterocycles. The third-order valence-electron chi connectivity index (χ3n) is 2.73. The standard InChI is InChI=1S/C13H20O4S/c1-10(2)13(14)8-9-17-18(15,16)12-6-4-11(3)5-7-12/h4-7,10,13-14H,8-9H2,1-3H3. The Morgan fingerprint density at radius 3 is 2.28 bits per heavy atom. The van der Waals surface area contributed by atoms with Crippen LogP contribution in [0.4, 0.5) is 0 Å². The predicted octanol–water partition coefficient (Wildman–Crippen LogP) is 2.11. The van der Waals surface area contributed by atoms with Crippen molar-refractivity contribution in [3.63, 3.8) is 0 Å². The Bertz CT molecular complexity index is 462. The summed E-state index contributed by atoms with van der Waals surface area (Å²) in [6.07, 6.45) is -0.235. The van der Waals surface area contributed by atoms with Crippen molar-refractivity contribution in [3.05, 3.63) is 29.8 Å². The van der Waals surface area contributed by atoms with Gasteiger partial charge in [0.1, 0.15) is 0 Å². The highest BCUT2D eigenvalue weighted by atomic mass is 32.2. The molecule has 0 aromatic heterocycles. The Morgan fingerprint density at radius 1 is 1.22 bits per heavy atom. The number of aryl methyl sites for hydroxylation is 1. The minimum absolute atomic E-state index is 0.00441.